The Bertz CT molecular complexity index is 715. The number of rotatable bonds is 14. The first kappa shape index (κ1) is 27.5. The Balaban J connectivity index is 2.37. The van der Waals surface area contributed by atoms with Crippen LogP contribution in [-0.2, 0) is 30.4 Å². The van der Waals surface area contributed by atoms with Gasteiger partial charge in [-0.15, -0.1) is 0 Å². The highest BCUT2D eigenvalue weighted by atomic mass is 16.5. The van der Waals surface area contributed by atoms with E-state index in [0.29, 0.717) is 25.1 Å². The lowest BCUT2D eigenvalue weighted by Gasteiger charge is -2.24. The number of benzene rings is 1. The van der Waals surface area contributed by atoms with Gasteiger partial charge in [0.15, 0.2) is 0 Å². The molecule has 4 N–H and O–H groups in total. The second-order valence-corrected chi connectivity index (χ2v) is 8.57. The van der Waals surface area contributed by atoms with E-state index in [2.05, 4.69) is 10.6 Å². The Hall–Kier alpha value is -2.49. The molecule has 0 bridgehead atoms. The van der Waals surface area contributed by atoms with E-state index in [1.165, 1.54) is 7.11 Å². The third kappa shape index (κ3) is 12.4. The zero-order valence-corrected chi connectivity index (χ0v) is 19.5. The Labute approximate surface area is 190 Å². The molecule has 0 aliphatic rings. The maximum atomic E-state index is 12.1. The molecule has 1 aromatic rings. The summed E-state index contributed by atoms with van der Waals surface area (Å²) in [4.78, 5) is 35.0. The van der Waals surface area contributed by atoms with Crippen molar-refractivity contribution in [1.29, 1.82) is 0 Å². The van der Waals surface area contributed by atoms with Crippen molar-refractivity contribution in [2.75, 3.05) is 19.0 Å². The Morgan fingerprint density at radius 3 is 2.09 bits per heavy atom. The third-order valence-corrected chi connectivity index (χ3v) is 4.64. The molecule has 0 radical (unpaired) electrons. The van der Waals surface area contributed by atoms with Crippen LogP contribution in [0, 0.1) is 0 Å². The number of esters is 1. The minimum Gasteiger partial charge on any atom is -0.468 e. The predicted octanol–water partition coefficient (Wildman–Crippen LogP) is 2.92. The predicted molar refractivity (Wildman–Crippen MR) is 121 cm³/mol. The fraction of sp³-hybridized carbons (Fsp3) is 0.609. The van der Waals surface area contributed by atoms with E-state index < -0.39 is 6.04 Å². The topological polar surface area (TPSA) is 126 Å². The number of unbranched alkanes of at least 4 members (excludes halogenated alkanes) is 3. The van der Waals surface area contributed by atoms with Gasteiger partial charge in [-0.1, -0.05) is 25.0 Å². The quantitative estimate of drug-likeness (QED) is 0.148. The summed E-state index contributed by atoms with van der Waals surface area (Å²) in [6.07, 6.45) is 3.79. The Kier molecular flexibility index (Phi) is 12.5. The number of methoxy groups -OCH3 is 1. The van der Waals surface area contributed by atoms with Gasteiger partial charge in [0.1, 0.15) is 6.04 Å². The van der Waals surface area contributed by atoms with Gasteiger partial charge in [-0.2, -0.15) is 0 Å². The molecule has 0 saturated carbocycles. The van der Waals surface area contributed by atoms with Gasteiger partial charge < -0.3 is 14.8 Å². The SMILES string of the molecule is COC(=O)[C@H](COC(C)(C)C)NCc1ccc(NC(=O)CCCCCCC(=O)NO)cc1. The molecular formula is C23H37N3O6. The van der Waals surface area contributed by atoms with E-state index in [0.717, 1.165) is 24.8 Å². The molecule has 9 heteroatoms. The van der Waals surface area contributed by atoms with Crippen LogP contribution in [0.3, 0.4) is 0 Å². The van der Waals surface area contributed by atoms with Crippen LogP contribution in [0.15, 0.2) is 24.3 Å². The maximum absolute atomic E-state index is 12.1. The molecule has 1 aromatic carbocycles. The highest BCUT2D eigenvalue weighted by molar-refractivity contribution is 5.90. The van der Waals surface area contributed by atoms with E-state index in [-0.39, 0.29) is 36.4 Å². The monoisotopic (exact) mass is 451 g/mol. The summed E-state index contributed by atoms with van der Waals surface area (Å²) in [5.74, 6) is -0.829. The zero-order valence-electron chi connectivity index (χ0n) is 19.5. The summed E-state index contributed by atoms with van der Waals surface area (Å²) >= 11 is 0. The van der Waals surface area contributed by atoms with Gasteiger partial charge in [-0.3, -0.25) is 24.9 Å². The molecule has 0 aliphatic carbocycles. The van der Waals surface area contributed by atoms with Crippen LogP contribution in [0.1, 0.15) is 64.9 Å². The third-order valence-electron chi connectivity index (χ3n) is 4.64. The number of hydrogen-bond donors (Lipinski definition) is 4. The lowest BCUT2D eigenvalue weighted by atomic mass is 10.1. The molecule has 32 heavy (non-hydrogen) atoms. The second-order valence-electron chi connectivity index (χ2n) is 8.57. The first-order chi connectivity index (χ1) is 15.1. The summed E-state index contributed by atoms with van der Waals surface area (Å²) in [5, 5.41) is 14.4. The highest BCUT2D eigenvalue weighted by Gasteiger charge is 2.22. The standard InChI is InChI=1S/C23H37N3O6/c1-23(2,3)32-16-19(22(29)31-4)24-15-17-11-13-18(14-12-17)25-20(27)9-7-5-6-8-10-21(28)26-30/h11-14,19,24,30H,5-10,15-16H2,1-4H3,(H,25,27)(H,26,28)/t19-/m0/s1. The summed E-state index contributed by atoms with van der Waals surface area (Å²) < 4.78 is 10.5. The summed E-state index contributed by atoms with van der Waals surface area (Å²) in [6.45, 7) is 6.43. The number of anilines is 1. The van der Waals surface area contributed by atoms with Crippen LogP contribution in [-0.4, -0.2) is 48.4 Å². The van der Waals surface area contributed by atoms with E-state index in [4.69, 9.17) is 14.7 Å². The molecule has 1 rings (SSSR count). The van der Waals surface area contributed by atoms with Crippen LogP contribution in [0.25, 0.3) is 0 Å². The van der Waals surface area contributed by atoms with Crippen molar-refractivity contribution >= 4 is 23.5 Å². The van der Waals surface area contributed by atoms with Crippen molar-refractivity contribution < 1.29 is 29.1 Å². The van der Waals surface area contributed by atoms with Gasteiger partial charge in [-0.25, -0.2) is 5.48 Å². The van der Waals surface area contributed by atoms with Crippen LogP contribution < -0.4 is 16.1 Å². The number of hydroxylamine groups is 1. The minimum atomic E-state index is -0.573. The molecule has 0 heterocycles. The minimum absolute atomic E-state index is 0.0611. The van der Waals surface area contributed by atoms with Crippen molar-refractivity contribution in [3.63, 3.8) is 0 Å². The Morgan fingerprint density at radius 1 is 0.969 bits per heavy atom. The number of carbonyl (C=O) groups is 3. The number of ether oxygens (including phenoxy) is 2. The van der Waals surface area contributed by atoms with Crippen molar-refractivity contribution in [2.45, 2.75) is 77.5 Å². The smallest absolute Gasteiger partial charge is 0.325 e. The number of amides is 2. The van der Waals surface area contributed by atoms with Gasteiger partial charge in [-0.05, 0) is 51.3 Å². The number of nitrogens with one attached hydrogen (secondary N) is 3. The molecule has 0 aromatic heterocycles. The highest BCUT2D eigenvalue weighted by Crippen LogP contribution is 2.13. The Morgan fingerprint density at radius 2 is 1.56 bits per heavy atom. The molecular weight excluding hydrogens is 414 g/mol. The van der Waals surface area contributed by atoms with Gasteiger partial charge in [0, 0.05) is 25.1 Å². The number of hydrogen-bond acceptors (Lipinski definition) is 7. The molecule has 1 atom stereocenters. The molecule has 180 valence electrons. The fourth-order valence-electron chi connectivity index (χ4n) is 2.84. The number of carbonyl (C=O) groups excluding carboxylic acids is 3. The van der Waals surface area contributed by atoms with Gasteiger partial charge in [0.2, 0.25) is 11.8 Å². The summed E-state index contributed by atoms with van der Waals surface area (Å²) in [5.41, 5.74) is 2.91. The van der Waals surface area contributed by atoms with Crippen LogP contribution in [0.4, 0.5) is 5.69 Å². The maximum Gasteiger partial charge on any atom is 0.325 e. The van der Waals surface area contributed by atoms with Crippen molar-refractivity contribution in [3.05, 3.63) is 29.8 Å². The first-order valence-electron chi connectivity index (χ1n) is 10.9. The molecule has 0 fully saturated rings. The van der Waals surface area contributed by atoms with Crippen molar-refractivity contribution in [3.8, 4) is 0 Å². The van der Waals surface area contributed by atoms with Crippen LogP contribution in [0.2, 0.25) is 0 Å². The lowest BCUT2D eigenvalue weighted by Crippen LogP contribution is -2.42. The van der Waals surface area contributed by atoms with E-state index in [1.807, 2.05) is 45.0 Å². The second kappa shape index (κ2) is 14.5. The average molecular weight is 452 g/mol. The van der Waals surface area contributed by atoms with E-state index in [9.17, 15) is 14.4 Å². The summed E-state index contributed by atoms with van der Waals surface area (Å²) in [6, 6.07) is 6.83. The first-order valence-corrected chi connectivity index (χ1v) is 10.9. The molecule has 0 saturated heterocycles. The molecule has 9 nitrogen and oxygen atoms in total. The lowest BCUT2D eigenvalue weighted by molar-refractivity contribution is -0.146. The molecule has 0 aliphatic heterocycles. The van der Waals surface area contributed by atoms with Gasteiger partial charge >= 0.3 is 5.97 Å². The molecule has 2 amide bonds. The van der Waals surface area contributed by atoms with E-state index >= 15 is 0 Å². The normalized spacial score (nSPS) is 12.2. The largest absolute Gasteiger partial charge is 0.468 e. The van der Waals surface area contributed by atoms with Gasteiger partial charge in [0.05, 0.1) is 19.3 Å². The van der Waals surface area contributed by atoms with Crippen molar-refractivity contribution in [2.24, 2.45) is 0 Å². The molecule has 0 spiro atoms. The fourth-order valence-corrected chi connectivity index (χ4v) is 2.84. The van der Waals surface area contributed by atoms with Crippen molar-refractivity contribution in [1.82, 2.24) is 10.8 Å². The summed E-state index contributed by atoms with van der Waals surface area (Å²) in [7, 11) is 1.35. The van der Waals surface area contributed by atoms with E-state index in [1.54, 1.807) is 5.48 Å². The average Bonchev–Trinajstić information content (AvgIpc) is 2.75. The van der Waals surface area contributed by atoms with Crippen LogP contribution >= 0.6 is 0 Å². The van der Waals surface area contributed by atoms with Gasteiger partial charge in [0.25, 0.3) is 0 Å². The zero-order chi connectivity index (χ0) is 24.0. The molecule has 0 unspecified atom stereocenters. The van der Waals surface area contributed by atoms with Crippen LogP contribution in [0.5, 0.6) is 0 Å².